The number of ether oxygens (including phenoxy) is 1. The smallest absolute Gasteiger partial charge is 0.416 e. The molecule has 0 aliphatic rings. The number of aliphatic hydroxyl groups excluding tert-OH is 1. The molecular weight excluding hydrogens is 415 g/mol. The van der Waals surface area contributed by atoms with E-state index in [1.807, 2.05) is 0 Å². The summed E-state index contributed by atoms with van der Waals surface area (Å²) in [6.45, 7) is 5.03. The molecule has 2 N–H and O–H groups in total. The number of para-hydroxylation sites is 1. The van der Waals surface area contributed by atoms with E-state index >= 15 is 0 Å². The summed E-state index contributed by atoms with van der Waals surface area (Å²) >= 11 is 0. The molecule has 1 unspecified atom stereocenters. The van der Waals surface area contributed by atoms with Gasteiger partial charge in [0.25, 0.3) is 0 Å². The highest BCUT2D eigenvalue weighted by Gasteiger charge is 2.37. The number of nitrogens with one attached hydrogen (secondary N) is 1. The van der Waals surface area contributed by atoms with Gasteiger partial charge in [0.1, 0.15) is 5.60 Å². The third-order valence-corrected chi connectivity index (χ3v) is 4.10. The van der Waals surface area contributed by atoms with Gasteiger partial charge in [0.05, 0.1) is 5.56 Å². The third kappa shape index (κ3) is 5.40. The average Bonchev–Trinajstić information content (AvgIpc) is 3.09. The average molecular weight is 436 g/mol. The minimum Gasteiger partial charge on any atom is -0.444 e. The van der Waals surface area contributed by atoms with E-state index in [1.165, 1.54) is 4.68 Å². The molecule has 1 amide bonds. The van der Waals surface area contributed by atoms with Gasteiger partial charge in [0.2, 0.25) is 11.0 Å². The Balaban J connectivity index is 2.01. The van der Waals surface area contributed by atoms with Crippen LogP contribution in [-0.2, 0) is 10.9 Å². The first-order chi connectivity index (χ1) is 14.5. The van der Waals surface area contributed by atoms with Crippen molar-refractivity contribution < 1.29 is 37.0 Å². The van der Waals surface area contributed by atoms with Gasteiger partial charge in [-0.1, -0.05) is 30.3 Å². The van der Waals surface area contributed by atoms with E-state index in [4.69, 9.17) is 9.26 Å². The number of carbonyl (C=O) groups is 1. The van der Waals surface area contributed by atoms with Crippen LogP contribution in [0.25, 0.3) is 5.69 Å². The van der Waals surface area contributed by atoms with Gasteiger partial charge >= 0.3 is 23.8 Å². The summed E-state index contributed by atoms with van der Waals surface area (Å²) in [4.78, 5) is 12.2. The zero-order valence-electron chi connectivity index (χ0n) is 17.0. The number of aliphatic hydroxyl groups is 1. The van der Waals surface area contributed by atoms with Crippen molar-refractivity contribution in [3.8, 4) is 5.69 Å². The van der Waals surface area contributed by atoms with E-state index in [9.17, 15) is 23.1 Å². The molecule has 10 heteroatoms. The Morgan fingerprint density at radius 3 is 2.26 bits per heavy atom. The lowest BCUT2D eigenvalue weighted by Crippen LogP contribution is -2.38. The van der Waals surface area contributed by atoms with Crippen molar-refractivity contribution in [1.82, 2.24) is 5.27 Å². The van der Waals surface area contributed by atoms with Crippen molar-refractivity contribution >= 4 is 12.0 Å². The van der Waals surface area contributed by atoms with Crippen LogP contribution in [-0.4, -0.2) is 22.1 Å². The fraction of sp³-hybridized carbons (Fsp3) is 0.286. The Bertz CT molecular complexity index is 1040. The number of nitrogens with zero attached hydrogens (tertiary/aromatic N) is 2. The molecule has 0 aliphatic heterocycles. The number of anilines is 1. The zero-order valence-corrected chi connectivity index (χ0v) is 17.0. The summed E-state index contributed by atoms with van der Waals surface area (Å²) in [6, 6.07) is 12.6. The predicted octanol–water partition coefficient (Wildman–Crippen LogP) is 4.40. The van der Waals surface area contributed by atoms with Gasteiger partial charge in [-0.2, -0.15) is 13.2 Å². The number of alkyl halides is 3. The second-order valence-electron chi connectivity index (χ2n) is 7.68. The number of benzene rings is 2. The zero-order chi connectivity index (χ0) is 22.8. The summed E-state index contributed by atoms with van der Waals surface area (Å²) < 4.78 is 50.3. The first-order valence-corrected chi connectivity index (χ1v) is 9.28. The quantitative estimate of drug-likeness (QED) is 0.592. The van der Waals surface area contributed by atoms with Gasteiger partial charge in [-0.15, -0.1) is 0 Å². The molecule has 1 atom stereocenters. The van der Waals surface area contributed by atoms with Crippen molar-refractivity contribution in [2.45, 2.75) is 38.7 Å². The lowest BCUT2D eigenvalue weighted by atomic mass is 10.0. The number of hydrogen-bond acceptors (Lipinski definition) is 5. The molecule has 0 fully saturated rings. The van der Waals surface area contributed by atoms with Crippen molar-refractivity contribution in [1.29, 1.82) is 0 Å². The van der Waals surface area contributed by atoms with Crippen molar-refractivity contribution in [2.75, 3.05) is 5.32 Å². The monoisotopic (exact) mass is 436 g/mol. The minimum absolute atomic E-state index is 0.0109. The summed E-state index contributed by atoms with van der Waals surface area (Å²) in [6.07, 6.45) is -6.81. The molecule has 3 aromatic rings. The molecule has 0 radical (unpaired) electrons. The Morgan fingerprint density at radius 1 is 1.10 bits per heavy atom. The van der Waals surface area contributed by atoms with Gasteiger partial charge in [0, 0.05) is 12.1 Å². The maximum atomic E-state index is 12.9. The predicted molar refractivity (Wildman–Crippen MR) is 103 cm³/mol. The molecule has 2 aromatic carbocycles. The third-order valence-electron chi connectivity index (χ3n) is 4.10. The highest BCUT2D eigenvalue weighted by atomic mass is 19.4. The molecule has 0 saturated heterocycles. The summed E-state index contributed by atoms with van der Waals surface area (Å²) in [5.41, 5.74) is -0.975. The number of amides is 1. The first kappa shape index (κ1) is 22.3. The van der Waals surface area contributed by atoms with Gasteiger partial charge in [0.15, 0.2) is 6.10 Å². The normalized spacial score (nSPS) is 13.0. The second kappa shape index (κ2) is 8.38. The molecule has 1 aromatic heterocycles. The van der Waals surface area contributed by atoms with Crippen LogP contribution in [0.3, 0.4) is 0 Å². The van der Waals surface area contributed by atoms with Crippen molar-refractivity contribution in [3.63, 3.8) is 0 Å². The van der Waals surface area contributed by atoms with Crippen LogP contribution in [0.4, 0.5) is 23.8 Å². The number of hydrogen-bond donors (Lipinski definition) is 2. The van der Waals surface area contributed by atoms with E-state index in [1.54, 1.807) is 51.1 Å². The van der Waals surface area contributed by atoms with Crippen LogP contribution in [0.1, 0.15) is 43.7 Å². The first-order valence-electron chi connectivity index (χ1n) is 9.28. The molecule has 164 valence electrons. The molecule has 31 heavy (non-hydrogen) atoms. The SMILES string of the molecule is CC(C)(C)OC(=O)Nc1on[n+](-c2ccccc2)c1C(O)c1ccc(C(F)(F)F)cc1. The van der Waals surface area contributed by atoms with Crippen LogP contribution in [0.2, 0.25) is 0 Å². The van der Waals surface area contributed by atoms with Crippen molar-refractivity contribution in [3.05, 3.63) is 71.4 Å². The lowest BCUT2D eigenvalue weighted by molar-refractivity contribution is -0.680. The van der Waals surface area contributed by atoms with Gasteiger partial charge in [-0.05, 0) is 43.1 Å². The highest BCUT2D eigenvalue weighted by Crippen LogP contribution is 2.32. The van der Waals surface area contributed by atoms with Crippen LogP contribution >= 0.6 is 0 Å². The lowest BCUT2D eigenvalue weighted by Gasteiger charge is -2.18. The topological polar surface area (TPSA) is 88.5 Å². The highest BCUT2D eigenvalue weighted by molar-refractivity contribution is 5.83. The Morgan fingerprint density at radius 2 is 1.71 bits per heavy atom. The standard InChI is InChI=1S/C21H20F3N3O4/c1-20(2,3)30-19(29)25-18-16(27(26-31-18)15-7-5-4-6-8-15)17(28)13-9-11-14(12-10-13)21(22,23)24/h4-12,17,28H,1-3H3/p+1. The van der Waals surface area contributed by atoms with E-state index in [0.29, 0.717) is 5.69 Å². The molecule has 0 saturated carbocycles. The fourth-order valence-corrected chi connectivity index (χ4v) is 2.76. The number of rotatable bonds is 4. The minimum atomic E-state index is -4.51. The van der Waals surface area contributed by atoms with Gasteiger partial charge in [-0.25, -0.2) is 4.79 Å². The fourth-order valence-electron chi connectivity index (χ4n) is 2.76. The van der Waals surface area contributed by atoms with E-state index < -0.39 is 29.5 Å². The Hall–Kier alpha value is -3.40. The summed E-state index contributed by atoms with van der Waals surface area (Å²) in [5, 5.41) is 17.2. The largest absolute Gasteiger partial charge is 0.444 e. The van der Waals surface area contributed by atoms with Crippen LogP contribution in [0.5, 0.6) is 0 Å². The van der Waals surface area contributed by atoms with Gasteiger partial charge in [-0.3, -0.25) is 9.84 Å². The molecule has 0 aliphatic carbocycles. The summed E-state index contributed by atoms with van der Waals surface area (Å²) in [5.74, 6) is -0.203. The van der Waals surface area contributed by atoms with E-state index in [0.717, 1.165) is 24.3 Å². The molecule has 0 spiro atoms. The molecule has 1 heterocycles. The Labute approximate surface area is 176 Å². The van der Waals surface area contributed by atoms with E-state index in [2.05, 4.69) is 10.6 Å². The van der Waals surface area contributed by atoms with Crippen molar-refractivity contribution in [2.24, 2.45) is 0 Å². The second-order valence-corrected chi connectivity index (χ2v) is 7.68. The van der Waals surface area contributed by atoms with Crippen LogP contribution < -0.4 is 10.00 Å². The number of carbonyl (C=O) groups excluding carboxylic acids is 1. The number of aromatic nitrogens is 2. The maximum absolute atomic E-state index is 12.9. The van der Waals surface area contributed by atoms with E-state index in [-0.39, 0.29) is 17.1 Å². The maximum Gasteiger partial charge on any atom is 0.416 e. The van der Waals surface area contributed by atoms with Gasteiger partial charge < -0.3 is 9.84 Å². The van der Waals surface area contributed by atoms with Crippen LogP contribution in [0, 0.1) is 0 Å². The number of halogens is 3. The molecule has 3 rings (SSSR count). The molecular formula is C21H21F3N3O4+. The molecule has 0 bridgehead atoms. The molecule has 7 nitrogen and oxygen atoms in total. The summed E-state index contributed by atoms with van der Waals surface area (Å²) in [7, 11) is 0. The van der Waals surface area contributed by atoms with Crippen LogP contribution in [0.15, 0.2) is 59.1 Å². The Kier molecular flexibility index (Phi) is 6.03.